The number of anilines is 1. The smallest absolute Gasteiger partial charge is 0.333 e. The number of nitrogens with zero attached hydrogens (tertiary/aromatic N) is 6. The average Bonchev–Trinajstić information content (AvgIpc) is 3.67. The number of fused-ring (bicyclic) bond motifs is 4. The second kappa shape index (κ2) is 10.5. The summed E-state index contributed by atoms with van der Waals surface area (Å²) >= 11 is 1.24. The van der Waals surface area contributed by atoms with E-state index >= 15 is 0 Å². The number of aromatic nitrogens is 5. The molecule has 4 aromatic rings. The number of amides is 2. The first kappa shape index (κ1) is 25.6. The SMILES string of the molecule is Cc1ncc(C(=O)NCCN2CC3CCC2CC3)cc1NC(=O)c1cnn2cc(-c3cnn(C(F)F)c3)sc12. The Kier molecular flexibility index (Phi) is 6.85. The second-order valence-corrected chi connectivity index (χ2v) is 11.2. The summed E-state index contributed by atoms with van der Waals surface area (Å²) in [5, 5.41) is 13.7. The standard InChI is InChI=1S/C26H28F2N8O2S/c1-15-21(8-17(9-30-15)23(37)29-6-7-34-12-16-2-4-19(34)5-3-16)33-24(38)20-11-32-35-14-22(39-25(20)35)18-10-31-36(13-18)26(27)28/h8-11,13-14,16,19,26H,2-7,12H2,1H3,(H,29,37)(H,33,38). The maximum atomic E-state index is 13.2. The Labute approximate surface area is 227 Å². The Hall–Kier alpha value is -3.71. The van der Waals surface area contributed by atoms with Crippen LogP contribution in [0.5, 0.6) is 0 Å². The minimum atomic E-state index is -2.73. The molecule has 4 aromatic heterocycles. The molecule has 1 aliphatic carbocycles. The molecule has 6 heterocycles. The van der Waals surface area contributed by atoms with Gasteiger partial charge in [-0.25, -0.2) is 9.20 Å². The van der Waals surface area contributed by atoms with Gasteiger partial charge in [0.2, 0.25) is 0 Å². The number of piperidine rings is 2. The summed E-state index contributed by atoms with van der Waals surface area (Å²) in [6, 6.07) is 2.26. The predicted octanol–water partition coefficient (Wildman–Crippen LogP) is 4.21. The number of carbonyl (C=O) groups is 2. The fraction of sp³-hybridized carbons (Fsp3) is 0.423. The van der Waals surface area contributed by atoms with Crippen LogP contribution >= 0.6 is 11.3 Å². The first-order valence-electron chi connectivity index (χ1n) is 13.0. The summed E-state index contributed by atoms with van der Waals surface area (Å²) < 4.78 is 27.9. The Balaban J connectivity index is 1.12. The van der Waals surface area contributed by atoms with Crippen LogP contribution in [0.25, 0.3) is 15.3 Å². The van der Waals surface area contributed by atoms with Gasteiger partial charge in [-0.15, -0.1) is 11.3 Å². The molecule has 0 aromatic carbocycles. The van der Waals surface area contributed by atoms with Crippen molar-refractivity contribution in [3.63, 3.8) is 0 Å². The van der Waals surface area contributed by atoms with E-state index in [4.69, 9.17) is 0 Å². The van der Waals surface area contributed by atoms with Crippen molar-refractivity contribution >= 4 is 33.7 Å². The maximum Gasteiger partial charge on any atom is 0.333 e. The molecule has 3 aliphatic rings. The molecule has 0 unspecified atom stereocenters. The predicted molar refractivity (Wildman–Crippen MR) is 142 cm³/mol. The van der Waals surface area contributed by atoms with Gasteiger partial charge in [-0.05, 0) is 44.6 Å². The van der Waals surface area contributed by atoms with Crippen molar-refractivity contribution in [1.29, 1.82) is 0 Å². The van der Waals surface area contributed by atoms with E-state index in [1.807, 2.05) is 0 Å². The summed E-state index contributed by atoms with van der Waals surface area (Å²) in [7, 11) is 0. The molecule has 2 saturated heterocycles. The number of alkyl halides is 2. The van der Waals surface area contributed by atoms with Gasteiger partial charge in [0.15, 0.2) is 0 Å². The lowest BCUT2D eigenvalue weighted by Gasteiger charge is -2.45. The topological polar surface area (TPSA) is 109 Å². The van der Waals surface area contributed by atoms with Gasteiger partial charge >= 0.3 is 6.55 Å². The van der Waals surface area contributed by atoms with Gasteiger partial charge in [-0.2, -0.15) is 19.0 Å². The van der Waals surface area contributed by atoms with Gasteiger partial charge in [0.25, 0.3) is 11.8 Å². The van der Waals surface area contributed by atoms with E-state index < -0.39 is 12.5 Å². The van der Waals surface area contributed by atoms with E-state index in [0.29, 0.717) is 55.0 Å². The zero-order valence-corrected chi connectivity index (χ0v) is 22.1. The third kappa shape index (κ3) is 5.15. The monoisotopic (exact) mass is 554 g/mol. The third-order valence-corrected chi connectivity index (χ3v) is 8.80. The molecule has 0 spiro atoms. The van der Waals surface area contributed by atoms with E-state index in [1.54, 1.807) is 19.2 Å². The molecule has 10 nitrogen and oxygen atoms in total. The molecule has 0 atom stereocenters. The molecule has 1 saturated carbocycles. The summed E-state index contributed by atoms with van der Waals surface area (Å²) in [4.78, 5) is 34.0. The number of aryl methyl sites for hydroxylation is 1. The highest BCUT2D eigenvalue weighted by atomic mass is 32.1. The van der Waals surface area contributed by atoms with Crippen molar-refractivity contribution in [2.75, 3.05) is 25.0 Å². The number of carbonyl (C=O) groups excluding carboxylic acids is 2. The maximum absolute atomic E-state index is 13.2. The van der Waals surface area contributed by atoms with Gasteiger partial charge < -0.3 is 10.6 Å². The third-order valence-electron chi connectivity index (χ3n) is 7.63. The minimum absolute atomic E-state index is 0.236. The highest BCUT2D eigenvalue weighted by Crippen LogP contribution is 2.34. The molecular weight excluding hydrogens is 526 g/mol. The Morgan fingerprint density at radius 1 is 1.10 bits per heavy atom. The molecule has 3 fully saturated rings. The fourth-order valence-corrected chi connectivity index (χ4v) is 6.52. The highest BCUT2D eigenvalue weighted by Gasteiger charge is 2.33. The molecule has 204 valence electrons. The van der Waals surface area contributed by atoms with Crippen molar-refractivity contribution in [1.82, 2.24) is 34.6 Å². The molecule has 39 heavy (non-hydrogen) atoms. The molecular formula is C26H28F2N8O2S. The number of hydrogen-bond acceptors (Lipinski definition) is 7. The van der Waals surface area contributed by atoms with Crippen molar-refractivity contribution in [3.05, 3.63) is 53.9 Å². The summed E-state index contributed by atoms with van der Waals surface area (Å²) in [6.07, 6.45) is 12.4. The van der Waals surface area contributed by atoms with E-state index in [0.717, 1.165) is 19.0 Å². The first-order valence-corrected chi connectivity index (χ1v) is 13.8. The molecule has 2 N–H and O–H groups in total. The van der Waals surface area contributed by atoms with Gasteiger partial charge in [-0.3, -0.25) is 19.5 Å². The molecule has 7 rings (SSSR count). The number of thiazole rings is 1. The number of rotatable bonds is 8. The summed E-state index contributed by atoms with van der Waals surface area (Å²) in [5.74, 6) is 0.144. The van der Waals surface area contributed by atoms with Crippen LogP contribution in [0.1, 0.15) is 58.6 Å². The van der Waals surface area contributed by atoms with Crippen molar-refractivity contribution in [3.8, 4) is 10.4 Å². The average molecular weight is 555 g/mol. The molecule has 2 aliphatic heterocycles. The van der Waals surface area contributed by atoms with Gasteiger partial charge in [0, 0.05) is 49.8 Å². The minimum Gasteiger partial charge on any atom is -0.351 e. The van der Waals surface area contributed by atoms with Crippen molar-refractivity contribution in [2.45, 2.75) is 45.2 Å². The molecule has 2 bridgehead atoms. The van der Waals surface area contributed by atoms with Crippen LogP contribution in [0.15, 0.2) is 37.1 Å². The van der Waals surface area contributed by atoms with Crippen molar-refractivity contribution < 1.29 is 18.4 Å². The molecule has 13 heteroatoms. The number of pyridine rings is 1. The summed E-state index contributed by atoms with van der Waals surface area (Å²) in [6.45, 7) is 1.53. The lowest BCUT2D eigenvalue weighted by atomic mass is 9.80. The normalized spacial score (nSPS) is 19.2. The van der Waals surface area contributed by atoms with Gasteiger partial charge in [0.05, 0.1) is 39.8 Å². The quantitative estimate of drug-likeness (QED) is 0.338. The fourth-order valence-electron chi connectivity index (χ4n) is 5.48. The number of hydrogen-bond donors (Lipinski definition) is 2. The van der Waals surface area contributed by atoms with Crippen LogP contribution in [0.4, 0.5) is 14.5 Å². The Morgan fingerprint density at radius 3 is 2.64 bits per heavy atom. The number of halogens is 2. The van der Waals surface area contributed by atoms with E-state index in [2.05, 4.69) is 30.7 Å². The second-order valence-electron chi connectivity index (χ2n) is 10.1. The zero-order valence-electron chi connectivity index (χ0n) is 21.3. The van der Waals surface area contributed by atoms with Crippen LogP contribution in [-0.2, 0) is 0 Å². The lowest BCUT2D eigenvalue weighted by Crippen LogP contribution is -2.50. The van der Waals surface area contributed by atoms with E-state index in [9.17, 15) is 18.4 Å². The van der Waals surface area contributed by atoms with Crippen LogP contribution in [-0.4, -0.2) is 66.8 Å². The lowest BCUT2D eigenvalue weighted by molar-refractivity contribution is 0.0494. The van der Waals surface area contributed by atoms with Gasteiger partial charge in [0.1, 0.15) is 4.83 Å². The van der Waals surface area contributed by atoms with Gasteiger partial charge in [-0.1, -0.05) is 0 Å². The Bertz CT molecular complexity index is 1520. The van der Waals surface area contributed by atoms with Crippen LogP contribution in [0, 0.1) is 12.8 Å². The summed E-state index contributed by atoms with van der Waals surface area (Å²) in [5.41, 5.74) is 2.18. The number of nitrogens with one attached hydrogen (secondary N) is 2. The molecule has 2 amide bonds. The van der Waals surface area contributed by atoms with Crippen LogP contribution < -0.4 is 10.6 Å². The highest BCUT2D eigenvalue weighted by molar-refractivity contribution is 7.21. The van der Waals surface area contributed by atoms with Crippen molar-refractivity contribution in [2.24, 2.45) is 5.92 Å². The van der Waals surface area contributed by atoms with Crippen LogP contribution in [0.2, 0.25) is 0 Å². The zero-order chi connectivity index (χ0) is 27.1. The Morgan fingerprint density at radius 2 is 1.92 bits per heavy atom. The first-order chi connectivity index (χ1) is 18.9. The largest absolute Gasteiger partial charge is 0.351 e. The van der Waals surface area contributed by atoms with E-state index in [1.165, 1.54) is 66.3 Å². The van der Waals surface area contributed by atoms with E-state index in [-0.39, 0.29) is 5.91 Å². The van der Waals surface area contributed by atoms with Crippen LogP contribution in [0.3, 0.4) is 0 Å². The molecule has 0 radical (unpaired) electrons.